The molecule has 2 heterocycles. The second-order valence-corrected chi connectivity index (χ2v) is 6.98. The van der Waals surface area contributed by atoms with Crippen LogP contribution in [0, 0.1) is 5.41 Å². The first-order valence-corrected chi connectivity index (χ1v) is 9.24. The van der Waals surface area contributed by atoms with Gasteiger partial charge >= 0.3 is 0 Å². The monoisotopic (exact) mass is 458 g/mol. The smallest absolute Gasteiger partial charge is 0.225 e. The average molecular weight is 458 g/mol. The molecule has 2 fully saturated rings. The Morgan fingerprint density at radius 1 is 1.16 bits per heavy atom. The van der Waals surface area contributed by atoms with Crippen molar-refractivity contribution in [2.75, 3.05) is 44.7 Å². The Morgan fingerprint density at radius 2 is 1.80 bits per heavy atom. The van der Waals surface area contributed by atoms with Crippen molar-refractivity contribution in [3.63, 3.8) is 0 Å². The van der Waals surface area contributed by atoms with E-state index in [9.17, 15) is 0 Å². The van der Waals surface area contributed by atoms with Crippen LogP contribution in [0.3, 0.4) is 0 Å². The number of hydrogen-bond acceptors (Lipinski definition) is 4. The molecule has 140 valence electrons. The van der Waals surface area contributed by atoms with Gasteiger partial charge < -0.3 is 15.1 Å². The van der Waals surface area contributed by atoms with Crippen molar-refractivity contribution in [2.45, 2.75) is 39.0 Å². The zero-order valence-electron chi connectivity index (χ0n) is 15.4. The lowest BCUT2D eigenvalue weighted by atomic mass is 9.83. The third-order valence-electron chi connectivity index (χ3n) is 5.66. The Balaban J connectivity index is 0.00000225. The van der Waals surface area contributed by atoms with E-state index in [1.54, 1.807) is 12.4 Å². The summed E-state index contributed by atoms with van der Waals surface area (Å²) in [5.41, 5.74) is 0.482. The molecule has 1 aromatic rings. The second kappa shape index (κ2) is 9.54. The number of guanidine groups is 1. The minimum atomic E-state index is 0. The summed E-state index contributed by atoms with van der Waals surface area (Å²) >= 11 is 0. The van der Waals surface area contributed by atoms with Gasteiger partial charge in [-0.2, -0.15) is 0 Å². The van der Waals surface area contributed by atoms with Crippen molar-refractivity contribution in [1.82, 2.24) is 20.2 Å². The lowest BCUT2D eigenvalue weighted by molar-refractivity contribution is 0.275. The van der Waals surface area contributed by atoms with Crippen LogP contribution >= 0.6 is 24.0 Å². The SMILES string of the molecule is CCC1(CNC(=NC)N2CCN(c3ncccn3)CC2)CCCC1.I. The van der Waals surface area contributed by atoms with E-state index in [-0.39, 0.29) is 24.0 Å². The molecule has 1 aromatic heterocycles. The standard InChI is InChI=1S/C18H30N6.HI/c1-3-18(7-4-5-8-18)15-22-16(19-2)23-11-13-24(14-12-23)17-20-9-6-10-21-17;/h6,9-10H,3-5,7-8,11-15H2,1-2H3,(H,19,22);1H. The number of nitrogens with zero attached hydrogens (tertiary/aromatic N) is 5. The van der Waals surface area contributed by atoms with Crippen molar-refractivity contribution in [2.24, 2.45) is 10.4 Å². The highest BCUT2D eigenvalue weighted by Crippen LogP contribution is 2.40. The third kappa shape index (κ3) is 4.95. The normalized spacial score (nSPS) is 20.3. The molecule has 2 aliphatic rings. The van der Waals surface area contributed by atoms with Crippen molar-refractivity contribution in [3.05, 3.63) is 18.5 Å². The lowest BCUT2D eigenvalue weighted by Gasteiger charge is -2.37. The van der Waals surface area contributed by atoms with Gasteiger partial charge in [0.05, 0.1) is 0 Å². The zero-order valence-corrected chi connectivity index (χ0v) is 17.8. The van der Waals surface area contributed by atoms with Crippen LogP contribution < -0.4 is 10.2 Å². The minimum Gasteiger partial charge on any atom is -0.356 e. The fourth-order valence-corrected chi connectivity index (χ4v) is 3.95. The molecule has 0 radical (unpaired) electrons. The molecule has 25 heavy (non-hydrogen) atoms. The van der Waals surface area contributed by atoms with Crippen LogP contribution in [0.15, 0.2) is 23.5 Å². The number of hydrogen-bond donors (Lipinski definition) is 1. The predicted molar refractivity (Wildman–Crippen MR) is 114 cm³/mol. The van der Waals surface area contributed by atoms with E-state index in [4.69, 9.17) is 0 Å². The number of halogens is 1. The third-order valence-corrected chi connectivity index (χ3v) is 5.66. The largest absolute Gasteiger partial charge is 0.356 e. The van der Waals surface area contributed by atoms with E-state index >= 15 is 0 Å². The first-order chi connectivity index (χ1) is 11.8. The quantitative estimate of drug-likeness (QED) is 0.427. The molecule has 1 aliphatic heterocycles. The van der Waals surface area contributed by atoms with Gasteiger partial charge in [0.25, 0.3) is 0 Å². The maximum Gasteiger partial charge on any atom is 0.225 e. The van der Waals surface area contributed by atoms with E-state index in [1.807, 2.05) is 13.1 Å². The Hall–Kier alpha value is -1.12. The molecule has 1 N–H and O–H groups in total. The zero-order chi connectivity index (χ0) is 16.8. The summed E-state index contributed by atoms with van der Waals surface area (Å²) in [6.07, 6.45) is 10.3. The fraction of sp³-hybridized carbons (Fsp3) is 0.722. The highest BCUT2D eigenvalue weighted by molar-refractivity contribution is 14.0. The number of aliphatic imine (C=N–C) groups is 1. The van der Waals surface area contributed by atoms with Gasteiger partial charge in [-0.25, -0.2) is 9.97 Å². The number of aromatic nitrogens is 2. The molecule has 0 unspecified atom stereocenters. The molecule has 1 saturated heterocycles. The summed E-state index contributed by atoms with van der Waals surface area (Å²) in [5, 5.41) is 3.65. The van der Waals surface area contributed by atoms with Crippen molar-refractivity contribution in [1.29, 1.82) is 0 Å². The number of piperazine rings is 1. The Morgan fingerprint density at radius 3 is 2.36 bits per heavy atom. The van der Waals surface area contributed by atoms with E-state index < -0.39 is 0 Å². The van der Waals surface area contributed by atoms with Crippen LogP contribution in [0.1, 0.15) is 39.0 Å². The van der Waals surface area contributed by atoms with Gasteiger partial charge in [-0.05, 0) is 30.7 Å². The Labute approximate surface area is 168 Å². The molecule has 0 atom stereocenters. The number of nitrogens with one attached hydrogen (secondary N) is 1. The maximum atomic E-state index is 4.52. The summed E-state index contributed by atoms with van der Waals surface area (Å²) in [6.45, 7) is 7.16. The highest BCUT2D eigenvalue weighted by Gasteiger charge is 2.32. The van der Waals surface area contributed by atoms with Crippen LogP contribution in [0.4, 0.5) is 5.95 Å². The molecule has 1 saturated carbocycles. The summed E-state index contributed by atoms with van der Waals surface area (Å²) < 4.78 is 0. The van der Waals surface area contributed by atoms with Gasteiger partial charge in [0.1, 0.15) is 0 Å². The molecule has 7 heteroatoms. The van der Waals surface area contributed by atoms with Crippen LogP contribution in [0.2, 0.25) is 0 Å². The lowest BCUT2D eigenvalue weighted by Crippen LogP contribution is -2.54. The van der Waals surface area contributed by atoms with Crippen molar-refractivity contribution in [3.8, 4) is 0 Å². The summed E-state index contributed by atoms with van der Waals surface area (Å²) in [7, 11) is 1.89. The number of anilines is 1. The highest BCUT2D eigenvalue weighted by atomic mass is 127. The van der Waals surface area contributed by atoms with Gasteiger partial charge in [0.2, 0.25) is 5.95 Å². The molecule has 0 amide bonds. The minimum absolute atomic E-state index is 0. The molecular weight excluding hydrogens is 427 g/mol. The summed E-state index contributed by atoms with van der Waals surface area (Å²) in [6, 6.07) is 1.86. The fourth-order valence-electron chi connectivity index (χ4n) is 3.95. The first kappa shape index (κ1) is 20.2. The first-order valence-electron chi connectivity index (χ1n) is 9.24. The van der Waals surface area contributed by atoms with Crippen LogP contribution in [-0.4, -0.2) is 60.6 Å². The molecule has 0 aromatic carbocycles. The summed E-state index contributed by atoms with van der Waals surface area (Å²) in [5.74, 6) is 1.87. The average Bonchev–Trinajstić information content (AvgIpc) is 3.13. The van der Waals surface area contributed by atoms with E-state index in [0.29, 0.717) is 5.41 Å². The Kier molecular flexibility index (Phi) is 7.71. The van der Waals surface area contributed by atoms with Crippen molar-refractivity contribution >= 4 is 35.9 Å². The molecular formula is C18H31IN6. The molecule has 0 bridgehead atoms. The Bertz CT molecular complexity index is 536. The van der Waals surface area contributed by atoms with Gasteiger partial charge in [-0.15, -0.1) is 24.0 Å². The van der Waals surface area contributed by atoms with Gasteiger partial charge in [0, 0.05) is 52.2 Å². The topological polar surface area (TPSA) is 56.7 Å². The van der Waals surface area contributed by atoms with Gasteiger partial charge in [0.15, 0.2) is 5.96 Å². The predicted octanol–water partition coefficient (Wildman–Crippen LogP) is 2.76. The van der Waals surface area contributed by atoms with E-state index in [2.05, 4.69) is 37.0 Å². The van der Waals surface area contributed by atoms with Crippen molar-refractivity contribution < 1.29 is 0 Å². The number of rotatable bonds is 4. The van der Waals surface area contributed by atoms with E-state index in [0.717, 1.165) is 44.6 Å². The van der Waals surface area contributed by atoms with E-state index in [1.165, 1.54) is 32.1 Å². The van der Waals surface area contributed by atoms with Crippen LogP contribution in [0.25, 0.3) is 0 Å². The molecule has 1 aliphatic carbocycles. The molecule has 0 spiro atoms. The van der Waals surface area contributed by atoms with Crippen LogP contribution in [0.5, 0.6) is 0 Å². The summed E-state index contributed by atoms with van der Waals surface area (Å²) in [4.78, 5) is 17.8. The second-order valence-electron chi connectivity index (χ2n) is 6.98. The van der Waals surface area contributed by atoms with Gasteiger partial charge in [-0.3, -0.25) is 4.99 Å². The van der Waals surface area contributed by atoms with Crippen LogP contribution in [-0.2, 0) is 0 Å². The van der Waals surface area contributed by atoms with Gasteiger partial charge in [-0.1, -0.05) is 19.8 Å². The molecule has 6 nitrogen and oxygen atoms in total. The molecule has 3 rings (SSSR count). The maximum absolute atomic E-state index is 4.52.